The van der Waals surface area contributed by atoms with Crippen molar-refractivity contribution in [3.8, 4) is 11.1 Å². The third-order valence-corrected chi connectivity index (χ3v) is 2.71. The normalized spacial score (nSPS) is 10.4. The van der Waals surface area contributed by atoms with Gasteiger partial charge in [-0.1, -0.05) is 12.1 Å². The lowest BCUT2D eigenvalue weighted by Crippen LogP contribution is -2.17. The molecule has 0 aliphatic rings. The number of nitrogens with two attached hydrogens (primary N) is 1. The fourth-order valence-corrected chi connectivity index (χ4v) is 1.63. The molecule has 0 saturated heterocycles. The van der Waals surface area contributed by atoms with Crippen LogP contribution >= 0.6 is 0 Å². The molecule has 0 radical (unpaired) electrons. The van der Waals surface area contributed by atoms with E-state index in [1.54, 1.807) is 17.8 Å². The SMILES string of the molecule is Cc1ccc(-c2cccn(C)c2=O)cc1N. The smallest absolute Gasteiger partial charge is 0.258 e. The van der Waals surface area contributed by atoms with Crippen molar-refractivity contribution in [1.29, 1.82) is 0 Å². The lowest BCUT2D eigenvalue weighted by molar-refractivity contribution is 0.863. The van der Waals surface area contributed by atoms with Crippen LogP contribution in [0.4, 0.5) is 5.69 Å². The van der Waals surface area contributed by atoms with Gasteiger partial charge in [0, 0.05) is 24.5 Å². The molecule has 0 fully saturated rings. The third-order valence-electron chi connectivity index (χ3n) is 2.71. The van der Waals surface area contributed by atoms with Crippen LogP contribution in [0.25, 0.3) is 11.1 Å². The first-order valence-electron chi connectivity index (χ1n) is 5.12. The monoisotopic (exact) mass is 214 g/mol. The topological polar surface area (TPSA) is 48.0 Å². The zero-order valence-electron chi connectivity index (χ0n) is 9.40. The molecule has 2 rings (SSSR count). The number of hydrogen-bond acceptors (Lipinski definition) is 2. The molecule has 0 unspecified atom stereocenters. The number of nitrogens with zero attached hydrogens (tertiary/aromatic N) is 1. The molecule has 82 valence electrons. The van der Waals surface area contributed by atoms with Crippen molar-refractivity contribution >= 4 is 5.69 Å². The maximum atomic E-state index is 11.9. The van der Waals surface area contributed by atoms with Crippen molar-refractivity contribution in [2.45, 2.75) is 6.92 Å². The van der Waals surface area contributed by atoms with E-state index in [9.17, 15) is 4.79 Å². The van der Waals surface area contributed by atoms with Gasteiger partial charge in [0.15, 0.2) is 0 Å². The Bertz CT molecular complexity index is 585. The number of anilines is 1. The number of nitrogen functional groups attached to an aromatic ring is 1. The predicted octanol–water partition coefficient (Wildman–Crippen LogP) is 1.94. The number of benzene rings is 1. The molecule has 3 nitrogen and oxygen atoms in total. The standard InChI is InChI=1S/C13H14N2O/c1-9-5-6-10(8-12(9)14)11-4-3-7-15(2)13(11)16/h3-8H,14H2,1-2H3. The van der Waals surface area contributed by atoms with E-state index < -0.39 is 0 Å². The first-order valence-corrected chi connectivity index (χ1v) is 5.12. The van der Waals surface area contributed by atoms with Crippen molar-refractivity contribution in [2.75, 3.05) is 5.73 Å². The van der Waals surface area contributed by atoms with Crippen molar-refractivity contribution in [3.63, 3.8) is 0 Å². The summed E-state index contributed by atoms with van der Waals surface area (Å²) >= 11 is 0. The Kier molecular flexibility index (Phi) is 2.52. The number of rotatable bonds is 1. The molecule has 0 aliphatic carbocycles. The average molecular weight is 214 g/mol. The first kappa shape index (κ1) is 10.5. The van der Waals surface area contributed by atoms with Gasteiger partial charge < -0.3 is 10.3 Å². The summed E-state index contributed by atoms with van der Waals surface area (Å²) in [6.45, 7) is 1.95. The van der Waals surface area contributed by atoms with Crippen LogP contribution < -0.4 is 11.3 Å². The third kappa shape index (κ3) is 1.72. The van der Waals surface area contributed by atoms with Crippen LogP contribution in [-0.2, 0) is 7.05 Å². The number of pyridine rings is 1. The summed E-state index contributed by atoms with van der Waals surface area (Å²) in [7, 11) is 1.74. The highest BCUT2D eigenvalue weighted by Gasteiger charge is 2.05. The molecule has 0 saturated carbocycles. The Hall–Kier alpha value is -2.03. The Morgan fingerprint density at radius 1 is 1.25 bits per heavy atom. The highest BCUT2D eigenvalue weighted by molar-refractivity contribution is 5.68. The van der Waals surface area contributed by atoms with Gasteiger partial charge in [-0.2, -0.15) is 0 Å². The molecule has 3 heteroatoms. The summed E-state index contributed by atoms with van der Waals surface area (Å²) in [5, 5.41) is 0. The van der Waals surface area contributed by atoms with E-state index in [-0.39, 0.29) is 5.56 Å². The zero-order valence-corrected chi connectivity index (χ0v) is 9.40. The van der Waals surface area contributed by atoms with Crippen LogP contribution in [0.3, 0.4) is 0 Å². The van der Waals surface area contributed by atoms with Crippen molar-refractivity contribution in [2.24, 2.45) is 7.05 Å². The molecule has 0 amide bonds. The van der Waals surface area contributed by atoms with Gasteiger partial charge in [-0.05, 0) is 36.2 Å². The Morgan fingerprint density at radius 3 is 2.69 bits per heavy atom. The molecule has 2 aromatic rings. The van der Waals surface area contributed by atoms with Gasteiger partial charge in [0.2, 0.25) is 0 Å². The summed E-state index contributed by atoms with van der Waals surface area (Å²) in [5.74, 6) is 0. The number of aromatic nitrogens is 1. The Morgan fingerprint density at radius 2 is 2.00 bits per heavy atom. The van der Waals surface area contributed by atoms with Crippen LogP contribution in [-0.4, -0.2) is 4.57 Å². The van der Waals surface area contributed by atoms with Gasteiger partial charge in [0.05, 0.1) is 0 Å². The maximum absolute atomic E-state index is 11.9. The highest BCUT2D eigenvalue weighted by Crippen LogP contribution is 2.20. The maximum Gasteiger partial charge on any atom is 0.258 e. The summed E-state index contributed by atoms with van der Waals surface area (Å²) in [4.78, 5) is 11.9. The molecule has 1 aromatic heterocycles. The van der Waals surface area contributed by atoms with Gasteiger partial charge in [-0.15, -0.1) is 0 Å². The molecule has 2 N–H and O–H groups in total. The van der Waals surface area contributed by atoms with Gasteiger partial charge >= 0.3 is 0 Å². The summed E-state index contributed by atoms with van der Waals surface area (Å²) < 4.78 is 1.56. The Balaban J connectivity index is 2.64. The summed E-state index contributed by atoms with van der Waals surface area (Å²) in [6, 6.07) is 9.35. The molecule has 1 heterocycles. The van der Waals surface area contributed by atoms with Crippen LogP contribution in [0.1, 0.15) is 5.56 Å². The molecule has 1 aromatic carbocycles. The zero-order chi connectivity index (χ0) is 11.7. The van der Waals surface area contributed by atoms with E-state index in [0.717, 1.165) is 11.1 Å². The molecule has 0 aliphatic heterocycles. The summed E-state index contributed by atoms with van der Waals surface area (Å²) in [5.41, 5.74) is 9.11. The van der Waals surface area contributed by atoms with Crippen LogP contribution in [0, 0.1) is 6.92 Å². The largest absolute Gasteiger partial charge is 0.398 e. The van der Waals surface area contributed by atoms with E-state index in [1.165, 1.54) is 0 Å². The summed E-state index contributed by atoms with van der Waals surface area (Å²) in [6.07, 6.45) is 1.74. The minimum Gasteiger partial charge on any atom is -0.398 e. The van der Waals surface area contributed by atoms with Crippen LogP contribution in [0.2, 0.25) is 0 Å². The lowest BCUT2D eigenvalue weighted by Gasteiger charge is -2.06. The second kappa shape index (κ2) is 3.85. The molecule has 0 bridgehead atoms. The second-order valence-corrected chi connectivity index (χ2v) is 3.91. The van der Waals surface area contributed by atoms with Gasteiger partial charge in [-0.3, -0.25) is 4.79 Å². The van der Waals surface area contributed by atoms with E-state index in [0.29, 0.717) is 11.3 Å². The predicted molar refractivity (Wildman–Crippen MR) is 66.3 cm³/mol. The Labute approximate surface area is 94.1 Å². The molecule has 0 atom stereocenters. The quantitative estimate of drug-likeness (QED) is 0.737. The molecule has 16 heavy (non-hydrogen) atoms. The van der Waals surface area contributed by atoms with E-state index in [1.807, 2.05) is 37.3 Å². The minimum absolute atomic E-state index is 0.00856. The first-order chi connectivity index (χ1) is 7.59. The minimum atomic E-state index is -0.00856. The highest BCUT2D eigenvalue weighted by atomic mass is 16.1. The van der Waals surface area contributed by atoms with E-state index >= 15 is 0 Å². The van der Waals surface area contributed by atoms with Crippen molar-refractivity contribution in [3.05, 3.63) is 52.4 Å². The van der Waals surface area contributed by atoms with Crippen molar-refractivity contribution < 1.29 is 0 Å². The van der Waals surface area contributed by atoms with Crippen LogP contribution in [0.15, 0.2) is 41.3 Å². The van der Waals surface area contributed by atoms with E-state index in [4.69, 9.17) is 5.73 Å². The van der Waals surface area contributed by atoms with Crippen LogP contribution in [0.5, 0.6) is 0 Å². The second-order valence-electron chi connectivity index (χ2n) is 3.91. The number of aryl methyl sites for hydroxylation is 2. The van der Waals surface area contributed by atoms with Gasteiger partial charge in [-0.25, -0.2) is 0 Å². The van der Waals surface area contributed by atoms with Gasteiger partial charge in [0.1, 0.15) is 0 Å². The lowest BCUT2D eigenvalue weighted by atomic mass is 10.0. The molecule has 0 spiro atoms. The van der Waals surface area contributed by atoms with Crippen molar-refractivity contribution in [1.82, 2.24) is 4.57 Å². The fraction of sp³-hybridized carbons (Fsp3) is 0.154. The van der Waals surface area contributed by atoms with Gasteiger partial charge in [0.25, 0.3) is 5.56 Å². The average Bonchev–Trinajstić information content (AvgIpc) is 2.26. The number of hydrogen-bond donors (Lipinski definition) is 1. The fourth-order valence-electron chi connectivity index (χ4n) is 1.63. The molecular formula is C13H14N2O. The molecular weight excluding hydrogens is 200 g/mol. The van der Waals surface area contributed by atoms with E-state index in [2.05, 4.69) is 0 Å².